The number of hydrogen-bond acceptors (Lipinski definition) is 5. The molecule has 0 radical (unpaired) electrons. The topological polar surface area (TPSA) is 64.4 Å². The number of aromatic nitrogens is 2. The van der Waals surface area contributed by atoms with Gasteiger partial charge in [-0.05, 0) is 30.5 Å². The van der Waals surface area contributed by atoms with Crippen molar-refractivity contribution in [3.8, 4) is 0 Å². The molecule has 0 aliphatic heterocycles. The lowest BCUT2D eigenvalue weighted by Crippen LogP contribution is -2.31. The number of aliphatic hydroxyl groups excluding tert-OH is 1. The van der Waals surface area contributed by atoms with E-state index >= 15 is 0 Å². The highest BCUT2D eigenvalue weighted by molar-refractivity contribution is 7.09. The fourth-order valence-electron chi connectivity index (χ4n) is 2.45. The number of nitrogens with zero attached hydrogens (tertiary/aromatic N) is 2. The highest BCUT2D eigenvalue weighted by Gasteiger charge is 2.12. The molecule has 0 spiro atoms. The summed E-state index contributed by atoms with van der Waals surface area (Å²) in [5, 5.41) is 12.7. The fraction of sp³-hybridized carbons (Fsp3) is 0.294. The van der Waals surface area contributed by atoms with Crippen molar-refractivity contribution < 1.29 is 9.84 Å². The normalized spacial score (nSPS) is 12.6. The number of hydrogen-bond donors (Lipinski definition) is 1. The van der Waals surface area contributed by atoms with Crippen LogP contribution in [0, 0.1) is 6.92 Å². The molecule has 0 aliphatic rings. The summed E-state index contributed by atoms with van der Waals surface area (Å²) in [4.78, 5) is 18.1. The Bertz CT molecular complexity index is 843. The Hall–Kier alpha value is -2.02. The Morgan fingerprint density at radius 2 is 2.13 bits per heavy atom. The van der Waals surface area contributed by atoms with Crippen LogP contribution in [0.2, 0.25) is 0 Å². The van der Waals surface area contributed by atoms with E-state index in [-0.39, 0.29) is 18.7 Å². The standard InChI is InChI=1S/C17H18N2O3S/c1-12-18-16-7-3-2-6-15(16)17(21)19(12)9-13(20)10-22-11-14-5-4-8-23-14/h2-8,13,20H,9-11H2,1H3/t13-/m1/s1. The van der Waals surface area contributed by atoms with Gasteiger partial charge in [0, 0.05) is 4.88 Å². The van der Waals surface area contributed by atoms with Crippen molar-refractivity contribution in [1.82, 2.24) is 9.55 Å². The van der Waals surface area contributed by atoms with Crippen LogP contribution < -0.4 is 5.56 Å². The van der Waals surface area contributed by atoms with Gasteiger partial charge in [-0.1, -0.05) is 18.2 Å². The molecule has 2 aromatic heterocycles. The second-order valence-electron chi connectivity index (χ2n) is 5.34. The van der Waals surface area contributed by atoms with Crippen molar-refractivity contribution in [3.63, 3.8) is 0 Å². The van der Waals surface area contributed by atoms with Gasteiger partial charge in [-0.3, -0.25) is 9.36 Å². The van der Waals surface area contributed by atoms with Gasteiger partial charge in [0.2, 0.25) is 0 Å². The third-order valence-electron chi connectivity index (χ3n) is 3.58. The molecule has 1 N–H and O–H groups in total. The monoisotopic (exact) mass is 330 g/mol. The summed E-state index contributed by atoms with van der Waals surface area (Å²) in [6.45, 7) is 2.59. The molecule has 0 unspecified atom stereocenters. The molecule has 120 valence electrons. The molecule has 0 aliphatic carbocycles. The third-order valence-corrected chi connectivity index (χ3v) is 4.43. The van der Waals surface area contributed by atoms with Crippen molar-refractivity contribution >= 4 is 22.2 Å². The summed E-state index contributed by atoms with van der Waals surface area (Å²) in [6, 6.07) is 11.2. The first kappa shape index (κ1) is 15.9. The Morgan fingerprint density at radius 1 is 1.30 bits per heavy atom. The van der Waals surface area contributed by atoms with E-state index in [1.165, 1.54) is 4.57 Å². The van der Waals surface area contributed by atoms with Crippen LogP contribution in [0.5, 0.6) is 0 Å². The number of aryl methyl sites for hydroxylation is 1. The average molecular weight is 330 g/mol. The number of para-hydroxylation sites is 1. The lowest BCUT2D eigenvalue weighted by atomic mass is 10.2. The molecule has 23 heavy (non-hydrogen) atoms. The van der Waals surface area contributed by atoms with Crippen LogP contribution in [0.15, 0.2) is 46.6 Å². The molecule has 6 heteroatoms. The van der Waals surface area contributed by atoms with Crippen LogP contribution in [0.3, 0.4) is 0 Å². The van der Waals surface area contributed by atoms with Gasteiger partial charge < -0.3 is 9.84 Å². The molecule has 5 nitrogen and oxygen atoms in total. The van der Waals surface area contributed by atoms with Gasteiger partial charge >= 0.3 is 0 Å². The quantitative estimate of drug-likeness (QED) is 0.753. The van der Waals surface area contributed by atoms with E-state index in [0.29, 0.717) is 23.3 Å². The van der Waals surface area contributed by atoms with E-state index in [0.717, 1.165) is 4.88 Å². The van der Waals surface area contributed by atoms with Crippen LogP contribution in [0.25, 0.3) is 10.9 Å². The van der Waals surface area contributed by atoms with Gasteiger partial charge in [0.05, 0.1) is 36.8 Å². The van der Waals surface area contributed by atoms with Gasteiger partial charge in [-0.15, -0.1) is 11.3 Å². The number of aliphatic hydroxyl groups is 1. The van der Waals surface area contributed by atoms with Crippen LogP contribution in [0.4, 0.5) is 0 Å². The van der Waals surface area contributed by atoms with E-state index in [2.05, 4.69) is 4.98 Å². The molecular formula is C17H18N2O3S. The van der Waals surface area contributed by atoms with Crippen molar-refractivity contribution in [1.29, 1.82) is 0 Å². The van der Waals surface area contributed by atoms with Gasteiger partial charge in [-0.2, -0.15) is 0 Å². The molecule has 0 saturated carbocycles. The Kier molecular flexibility index (Phi) is 4.85. The number of thiophene rings is 1. The molecule has 0 fully saturated rings. The molecule has 0 saturated heterocycles. The number of ether oxygens (including phenoxy) is 1. The Morgan fingerprint density at radius 3 is 2.91 bits per heavy atom. The summed E-state index contributed by atoms with van der Waals surface area (Å²) < 4.78 is 7.01. The highest BCUT2D eigenvalue weighted by atomic mass is 32.1. The van der Waals surface area contributed by atoms with Gasteiger partial charge in [0.1, 0.15) is 5.82 Å². The van der Waals surface area contributed by atoms with Crippen molar-refractivity contribution in [2.45, 2.75) is 26.2 Å². The van der Waals surface area contributed by atoms with Crippen molar-refractivity contribution in [2.24, 2.45) is 0 Å². The smallest absolute Gasteiger partial charge is 0.261 e. The molecule has 0 amide bonds. The first-order chi connectivity index (χ1) is 11.1. The summed E-state index contributed by atoms with van der Waals surface area (Å²) in [6.07, 6.45) is -0.755. The van der Waals surface area contributed by atoms with Crippen molar-refractivity contribution in [2.75, 3.05) is 6.61 Å². The Balaban J connectivity index is 1.69. The van der Waals surface area contributed by atoms with Crippen LogP contribution in [0.1, 0.15) is 10.7 Å². The number of rotatable bonds is 6. The zero-order chi connectivity index (χ0) is 16.2. The third kappa shape index (κ3) is 3.67. The maximum absolute atomic E-state index is 12.5. The van der Waals surface area contributed by atoms with Crippen LogP contribution >= 0.6 is 11.3 Å². The highest BCUT2D eigenvalue weighted by Crippen LogP contribution is 2.10. The number of fused-ring (bicyclic) bond motifs is 1. The van der Waals surface area contributed by atoms with E-state index in [1.54, 1.807) is 24.3 Å². The summed E-state index contributed by atoms with van der Waals surface area (Å²) in [7, 11) is 0. The fourth-order valence-corrected chi connectivity index (χ4v) is 3.09. The summed E-state index contributed by atoms with van der Waals surface area (Å²) in [5.41, 5.74) is 0.542. The van der Waals surface area contributed by atoms with Crippen molar-refractivity contribution in [3.05, 3.63) is 62.8 Å². The van der Waals surface area contributed by atoms with Crippen LogP contribution in [-0.4, -0.2) is 27.4 Å². The lowest BCUT2D eigenvalue weighted by Gasteiger charge is -2.15. The SMILES string of the molecule is Cc1nc2ccccc2c(=O)n1C[C@@H](O)COCc1cccs1. The average Bonchev–Trinajstić information content (AvgIpc) is 3.05. The van der Waals surface area contributed by atoms with Gasteiger partial charge in [-0.25, -0.2) is 4.98 Å². The maximum atomic E-state index is 12.5. The largest absolute Gasteiger partial charge is 0.389 e. The predicted octanol–water partition coefficient (Wildman–Crippen LogP) is 2.34. The molecule has 3 aromatic rings. The first-order valence-corrected chi connectivity index (χ1v) is 8.27. The zero-order valence-corrected chi connectivity index (χ0v) is 13.6. The number of benzene rings is 1. The molecule has 3 rings (SSSR count). The van der Waals surface area contributed by atoms with E-state index < -0.39 is 6.10 Å². The molecule has 1 aromatic carbocycles. The van der Waals surface area contributed by atoms with E-state index in [1.807, 2.05) is 35.7 Å². The van der Waals surface area contributed by atoms with E-state index in [4.69, 9.17) is 4.74 Å². The molecule has 1 atom stereocenters. The summed E-state index contributed by atoms with van der Waals surface area (Å²) in [5.74, 6) is 0.589. The molecule has 0 bridgehead atoms. The zero-order valence-electron chi connectivity index (χ0n) is 12.8. The maximum Gasteiger partial charge on any atom is 0.261 e. The lowest BCUT2D eigenvalue weighted by molar-refractivity contribution is 0.0205. The minimum atomic E-state index is -0.755. The Labute approximate surface area is 137 Å². The minimum Gasteiger partial charge on any atom is -0.389 e. The second kappa shape index (κ2) is 7.04. The molecule has 2 heterocycles. The van der Waals surface area contributed by atoms with E-state index in [9.17, 15) is 9.90 Å². The van der Waals surface area contributed by atoms with Crippen LogP contribution in [-0.2, 0) is 17.9 Å². The molecular weight excluding hydrogens is 312 g/mol. The predicted molar refractivity (Wildman–Crippen MR) is 90.7 cm³/mol. The first-order valence-electron chi connectivity index (χ1n) is 7.39. The van der Waals surface area contributed by atoms with Gasteiger partial charge in [0.15, 0.2) is 0 Å². The minimum absolute atomic E-state index is 0.134. The van der Waals surface area contributed by atoms with Gasteiger partial charge in [0.25, 0.3) is 5.56 Å². The summed E-state index contributed by atoms with van der Waals surface area (Å²) >= 11 is 1.61. The second-order valence-corrected chi connectivity index (χ2v) is 6.37.